The number of carbonyl (C=O) groups is 3. The average molecular weight is 761 g/mol. The Kier molecular flexibility index (Phi) is 10.9. The fourth-order valence-corrected chi connectivity index (χ4v) is 7.53. The Morgan fingerprint density at radius 3 is 2.65 bits per heavy atom. The standard InChI is InChI=1S/C36H43BrClN3O8/c1-19-8-7-9-28(46-6)36(45)17-27(47-31(43)18-36)21(3)33-35(4,49-33)29(48-34(44)40-25-11-10-23(39)15-24(25)37)16-30(42)41(5)26-14-22(12-19)13-20(2)32(26)38/h7-11,13-15,21,27-29,33,45H,12,16-18,39H2,1-6H3,(H,40,44)/b9-7+,19-8+/t21-,27+,28-,29+,33+,35+,36-/m1/s1. The van der Waals surface area contributed by atoms with Crippen molar-refractivity contribution < 1.29 is 38.4 Å². The lowest BCUT2D eigenvalue weighted by Gasteiger charge is -2.41. The number of methoxy groups -OCH3 is 1. The van der Waals surface area contributed by atoms with Crippen molar-refractivity contribution in [2.75, 3.05) is 30.1 Å². The van der Waals surface area contributed by atoms with Crippen LogP contribution in [0.25, 0.3) is 0 Å². The first-order chi connectivity index (χ1) is 23.0. The van der Waals surface area contributed by atoms with E-state index < -0.39 is 53.6 Å². The topological polar surface area (TPSA) is 153 Å². The number of benzene rings is 2. The van der Waals surface area contributed by atoms with Crippen molar-refractivity contribution in [3.63, 3.8) is 0 Å². The zero-order valence-corrected chi connectivity index (χ0v) is 30.8. The third kappa shape index (κ3) is 7.99. The van der Waals surface area contributed by atoms with Crippen molar-refractivity contribution in [3.05, 3.63) is 74.8 Å². The van der Waals surface area contributed by atoms with Gasteiger partial charge in [-0.1, -0.05) is 48.4 Å². The third-order valence-electron chi connectivity index (χ3n) is 9.68. The van der Waals surface area contributed by atoms with Crippen LogP contribution in [0, 0.1) is 12.8 Å². The fourth-order valence-electron chi connectivity index (χ4n) is 6.80. The minimum absolute atomic E-state index is 0.0871. The van der Waals surface area contributed by atoms with Gasteiger partial charge in [0, 0.05) is 36.7 Å². The summed E-state index contributed by atoms with van der Waals surface area (Å²) in [6.45, 7) is 7.45. The van der Waals surface area contributed by atoms with Crippen molar-refractivity contribution in [1.29, 1.82) is 0 Å². The minimum atomic E-state index is -1.54. The lowest BCUT2D eigenvalue weighted by atomic mass is 9.78. The molecule has 0 saturated carbocycles. The Morgan fingerprint density at radius 2 is 1.96 bits per heavy atom. The molecule has 0 spiro atoms. The average Bonchev–Trinajstić information content (AvgIpc) is 3.72. The molecule has 3 aliphatic heterocycles. The van der Waals surface area contributed by atoms with Gasteiger partial charge in [0.1, 0.15) is 29.5 Å². The third-order valence-corrected chi connectivity index (χ3v) is 10.8. The smallest absolute Gasteiger partial charge is 0.412 e. The van der Waals surface area contributed by atoms with Gasteiger partial charge < -0.3 is 34.7 Å². The molecule has 2 fully saturated rings. The van der Waals surface area contributed by atoms with Gasteiger partial charge in [0.2, 0.25) is 5.91 Å². The Bertz CT molecular complexity index is 1700. The van der Waals surface area contributed by atoms with Gasteiger partial charge in [-0.2, -0.15) is 0 Å². The number of carbonyl (C=O) groups excluding carboxylic acids is 3. The summed E-state index contributed by atoms with van der Waals surface area (Å²) in [7, 11) is 3.12. The summed E-state index contributed by atoms with van der Waals surface area (Å²) in [5.41, 5.74) is 7.35. The molecule has 5 rings (SSSR count). The normalized spacial score (nSPS) is 32.3. The molecule has 2 amide bonds. The van der Waals surface area contributed by atoms with Crippen LogP contribution in [0.4, 0.5) is 21.9 Å². The molecule has 0 radical (unpaired) electrons. The zero-order valence-electron chi connectivity index (χ0n) is 28.4. The van der Waals surface area contributed by atoms with E-state index in [1.54, 1.807) is 38.2 Å². The SMILES string of the molecule is CO[C@@H]1/C=C/C=C(\C)Cc2cc(C)c(Cl)c(c2)N(C)C(=O)C[C@H](OC(=O)Nc2ccc(N)cc2Br)[C@]2(C)O[C@H]2[C@H](C)[C@@H]2C[C@@]1(O)CC(=O)O2. The maximum atomic E-state index is 14.0. The predicted octanol–water partition coefficient (Wildman–Crippen LogP) is 6.27. The van der Waals surface area contributed by atoms with Crippen LogP contribution in [0.2, 0.25) is 5.02 Å². The molecule has 0 unspecified atom stereocenters. The minimum Gasteiger partial charge on any atom is -0.462 e. The molecule has 13 heteroatoms. The maximum absolute atomic E-state index is 14.0. The first-order valence-electron chi connectivity index (χ1n) is 16.1. The summed E-state index contributed by atoms with van der Waals surface area (Å²) in [4.78, 5) is 41.7. The summed E-state index contributed by atoms with van der Waals surface area (Å²) in [5, 5.41) is 14.9. The summed E-state index contributed by atoms with van der Waals surface area (Å²) >= 11 is 10.1. The molecule has 0 aliphatic carbocycles. The molecule has 264 valence electrons. The van der Waals surface area contributed by atoms with Gasteiger partial charge in [-0.25, -0.2) is 4.79 Å². The monoisotopic (exact) mass is 759 g/mol. The van der Waals surface area contributed by atoms with Crippen LogP contribution in [0.3, 0.4) is 0 Å². The fraction of sp³-hybridized carbons (Fsp3) is 0.472. The van der Waals surface area contributed by atoms with Gasteiger partial charge in [-0.05, 0) is 78.5 Å². The first-order valence-corrected chi connectivity index (χ1v) is 17.3. The van der Waals surface area contributed by atoms with Gasteiger partial charge in [0.05, 0.1) is 35.3 Å². The van der Waals surface area contributed by atoms with Crippen LogP contribution in [0.5, 0.6) is 0 Å². The number of nitrogens with two attached hydrogens (primary N) is 1. The molecule has 49 heavy (non-hydrogen) atoms. The van der Waals surface area contributed by atoms with Crippen LogP contribution in [0.15, 0.2) is 58.6 Å². The molecular weight excluding hydrogens is 718 g/mol. The second kappa shape index (κ2) is 14.4. The highest BCUT2D eigenvalue weighted by molar-refractivity contribution is 9.10. The van der Waals surface area contributed by atoms with Crippen LogP contribution >= 0.6 is 27.5 Å². The van der Waals surface area contributed by atoms with Crippen LogP contribution in [-0.2, 0) is 35.0 Å². The van der Waals surface area contributed by atoms with E-state index in [4.69, 9.17) is 36.3 Å². The van der Waals surface area contributed by atoms with Gasteiger partial charge in [0.25, 0.3) is 0 Å². The second-order valence-electron chi connectivity index (χ2n) is 13.5. The number of anilines is 3. The molecule has 2 saturated heterocycles. The van der Waals surface area contributed by atoms with E-state index in [0.717, 1.165) is 16.7 Å². The van der Waals surface area contributed by atoms with Crippen molar-refractivity contribution in [3.8, 4) is 0 Å². The number of rotatable bonds is 3. The molecule has 3 aliphatic rings. The molecule has 4 N–H and O–H groups in total. The first kappa shape index (κ1) is 36.9. The molecule has 2 aromatic carbocycles. The highest BCUT2D eigenvalue weighted by atomic mass is 79.9. The summed E-state index contributed by atoms with van der Waals surface area (Å²) in [6.07, 6.45) is 1.63. The molecule has 4 bridgehead atoms. The summed E-state index contributed by atoms with van der Waals surface area (Å²) < 4.78 is 24.2. The number of halogens is 2. The quantitative estimate of drug-likeness (QED) is 0.187. The Labute approximate surface area is 299 Å². The molecular formula is C36H43BrClN3O8. The van der Waals surface area contributed by atoms with Gasteiger partial charge in [-0.15, -0.1) is 0 Å². The van der Waals surface area contributed by atoms with E-state index in [0.29, 0.717) is 33.0 Å². The molecule has 0 aromatic heterocycles. The molecule has 11 nitrogen and oxygen atoms in total. The van der Waals surface area contributed by atoms with E-state index >= 15 is 0 Å². The number of amides is 2. The van der Waals surface area contributed by atoms with Crippen LogP contribution in [0.1, 0.15) is 51.2 Å². The molecule has 3 heterocycles. The number of aliphatic hydroxyl groups is 1. The Morgan fingerprint density at radius 1 is 1.22 bits per heavy atom. The lowest BCUT2D eigenvalue weighted by molar-refractivity contribution is -0.187. The number of hydrogen-bond acceptors (Lipinski definition) is 9. The number of nitrogens with zero attached hydrogens (tertiary/aromatic N) is 1. The van der Waals surface area contributed by atoms with Crippen LogP contribution < -0.4 is 16.0 Å². The number of hydrogen-bond donors (Lipinski definition) is 3. The number of epoxide rings is 1. The Balaban J connectivity index is 1.53. The maximum Gasteiger partial charge on any atom is 0.412 e. The van der Waals surface area contributed by atoms with Gasteiger partial charge >= 0.3 is 12.1 Å². The van der Waals surface area contributed by atoms with E-state index in [9.17, 15) is 19.5 Å². The molecule has 2 aromatic rings. The summed E-state index contributed by atoms with van der Waals surface area (Å²) in [5.74, 6) is -1.37. The van der Waals surface area contributed by atoms with Crippen molar-refractivity contribution >= 4 is 62.6 Å². The number of aryl methyl sites for hydroxylation is 1. The Hall–Kier alpha value is -3.42. The highest BCUT2D eigenvalue weighted by Crippen LogP contribution is 2.49. The predicted molar refractivity (Wildman–Crippen MR) is 191 cm³/mol. The number of fused-ring (bicyclic) bond motifs is 5. The lowest BCUT2D eigenvalue weighted by Crippen LogP contribution is -2.53. The number of nitrogens with one attached hydrogen (secondary N) is 1. The second-order valence-corrected chi connectivity index (χ2v) is 14.7. The van der Waals surface area contributed by atoms with E-state index in [2.05, 4.69) is 21.2 Å². The summed E-state index contributed by atoms with van der Waals surface area (Å²) in [6, 6.07) is 8.74. The van der Waals surface area contributed by atoms with E-state index in [1.807, 2.05) is 45.1 Å². The number of esters is 1. The van der Waals surface area contributed by atoms with Crippen molar-refractivity contribution in [2.24, 2.45) is 5.92 Å². The van der Waals surface area contributed by atoms with Crippen molar-refractivity contribution in [2.45, 2.75) is 89.0 Å². The number of nitrogen functional groups attached to an aromatic ring is 1. The van der Waals surface area contributed by atoms with Crippen LogP contribution in [-0.4, -0.2) is 72.9 Å². The zero-order chi connectivity index (χ0) is 35.8. The van der Waals surface area contributed by atoms with Crippen molar-refractivity contribution in [1.82, 2.24) is 0 Å². The highest BCUT2D eigenvalue weighted by Gasteiger charge is 2.64. The van der Waals surface area contributed by atoms with E-state index in [-0.39, 0.29) is 25.2 Å². The number of ether oxygens (including phenoxy) is 4. The largest absolute Gasteiger partial charge is 0.462 e. The van der Waals surface area contributed by atoms with Gasteiger partial charge in [0.15, 0.2) is 0 Å². The number of allylic oxidation sites excluding steroid dienone is 3. The van der Waals surface area contributed by atoms with E-state index in [1.165, 1.54) is 12.0 Å². The molecule has 7 atom stereocenters. The van der Waals surface area contributed by atoms with Gasteiger partial charge in [-0.3, -0.25) is 14.9 Å².